The highest BCUT2D eigenvalue weighted by molar-refractivity contribution is 6.07. The molecule has 0 radical (unpaired) electrons. The Bertz CT molecular complexity index is 1590. The average molecular weight is 539 g/mol. The van der Waals surface area contributed by atoms with Gasteiger partial charge in [0, 0.05) is 36.0 Å². The molecule has 0 saturated carbocycles. The molecule has 0 atom stereocenters. The predicted molar refractivity (Wildman–Crippen MR) is 140 cm³/mol. The number of nitrogens with zero attached hydrogens (tertiary/aromatic N) is 3. The first kappa shape index (κ1) is 27.2. The summed E-state index contributed by atoms with van der Waals surface area (Å²) in [5, 5.41) is 19.5. The summed E-state index contributed by atoms with van der Waals surface area (Å²) < 4.78 is 43.7. The number of aryl methyl sites for hydroxylation is 1. The summed E-state index contributed by atoms with van der Waals surface area (Å²) in [6, 6.07) is 11.8. The van der Waals surface area contributed by atoms with Crippen molar-refractivity contribution in [2.45, 2.75) is 26.4 Å². The molecular formula is C27H25F3N6O3. The quantitative estimate of drug-likeness (QED) is 0.173. The highest BCUT2D eigenvalue weighted by atomic mass is 19.2. The zero-order valence-electron chi connectivity index (χ0n) is 20.8. The van der Waals surface area contributed by atoms with Crippen LogP contribution < -0.4 is 16.0 Å². The van der Waals surface area contributed by atoms with Gasteiger partial charge in [0.1, 0.15) is 17.5 Å². The summed E-state index contributed by atoms with van der Waals surface area (Å²) in [6.45, 7) is 2.33. The molecule has 4 aromatic rings. The first-order chi connectivity index (χ1) is 18.6. The Labute approximate surface area is 221 Å². The van der Waals surface area contributed by atoms with Gasteiger partial charge in [-0.2, -0.15) is 0 Å². The van der Waals surface area contributed by atoms with Gasteiger partial charge in [0.25, 0.3) is 5.91 Å². The van der Waals surface area contributed by atoms with Gasteiger partial charge in [0.2, 0.25) is 0 Å². The number of carboxylic acids is 1. The molecule has 202 valence electrons. The van der Waals surface area contributed by atoms with E-state index in [2.05, 4.69) is 10.3 Å². The van der Waals surface area contributed by atoms with Crippen molar-refractivity contribution in [2.24, 2.45) is 5.73 Å². The van der Waals surface area contributed by atoms with Gasteiger partial charge in [0.15, 0.2) is 11.6 Å². The lowest BCUT2D eigenvalue weighted by atomic mass is 10.1. The highest BCUT2D eigenvalue weighted by Crippen LogP contribution is 2.24. The minimum absolute atomic E-state index is 0.0158. The third kappa shape index (κ3) is 5.84. The van der Waals surface area contributed by atoms with E-state index >= 15 is 0 Å². The molecule has 5 N–H and O–H groups in total. The molecule has 9 nitrogen and oxygen atoms in total. The van der Waals surface area contributed by atoms with Crippen LogP contribution in [0.4, 0.5) is 24.5 Å². The van der Waals surface area contributed by atoms with E-state index in [-0.39, 0.29) is 41.4 Å². The molecule has 0 bridgehead atoms. The number of rotatable bonds is 10. The van der Waals surface area contributed by atoms with Crippen molar-refractivity contribution in [3.63, 3.8) is 0 Å². The number of hydrogen-bond acceptors (Lipinski definition) is 5. The Morgan fingerprint density at radius 2 is 1.77 bits per heavy atom. The van der Waals surface area contributed by atoms with Gasteiger partial charge in [-0.3, -0.25) is 15.0 Å². The fourth-order valence-electron chi connectivity index (χ4n) is 4.16. The molecule has 1 amide bonds. The molecule has 1 heterocycles. The molecule has 0 aliphatic rings. The van der Waals surface area contributed by atoms with E-state index in [4.69, 9.17) is 16.2 Å². The highest BCUT2D eigenvalue weighted by Gasteiger charge is 2.22. The molecule has 0 spiro atoms. The minimum atomic E-state index is -1.16. The van der Waals surface area contributed by atoms with Crippen LogP contribution in [0.2, 0.25) is 0 Å². The van der Waals surface area contributed by atoms with Gasteiger partial charge < -0.3 is 25.6 Å². The van der Waals surface area contributed by atoms with Gasteiger partial charge in [0.05, 0.1) is 29.7 Å². The summed E-state index contributed by atoms with van der Waals surface area (Å²) in [7, 11) is 0. The third-order valence-electron chi connectivity index (χ3n) is 6.12. The van der Waals surface area contributed by atoms with E-state index in [1.807, 2.05) is 11.5 Å². The maximum atomic E-state index is 14.5. The summed E-state index contributed by atoms with van der Waals surface area (Å²) >= 11 is 0. The lowest BCUT2D eigenvalue weighted by molar-refractivity contribution is -0.136. The smallest absolute Gasteiger partial charge is 0.305 e. The van der Waals surface area contributed by atoms with E-state index in [1.54, 1.807) is 12.1 Å². The van der Waals surface area contributed by atoms with Crippen LogP contribution in [0.25, 0.3) is 11.0 Å². The van der Waals surface area contributed by atoms with Crippen molar-refractivity contribution in [3.05, 3.63) is 89.0 Å². The Morgan fingerprint density at radius 1 is 1.03 bits per heavy atom. The first-order valence-electron chi connectivity index (χ1n) is 11.9. The number of carbonyl (C=O) groups excluding carboxylic acids is 1. The topological polar surface area (TPSA) is 137 Å². The number of benzene rings is 3. The van der Waals surface area contributed by atoms with E-state index in [9.17, 15) is 22.8 Å². The number of amidine groups is 1. The number of nitrogens with one attached hydrogen (secondary N) is 2. The zero-order valence-corrected chi connectivity index (χ0v) is 20.8. The predicted octanol–water partition coefficient (Wildman–Crippen LogP) is 4.49. The van der Waals surface area contributed by atoms with Crippen molar-refractivity contribution in [3.8, 4) is 0 Å². The summed E-state index contributed by atoms with van der Waals surface area (Å²) in [4.78, 5) is 30.2. The first-order valence-corrected chi connectivity index (χ1v) is 11.9. The maximum Gasteiger partial charge on any atom is 0.305 e. The molecule has 0 saturated heterocycles. The number of anilines is 2. The second-order valence-electron chi connectivity index (χ2n) is 8.64. The fraction of sp³-hybridized carbons (Fsp3) is 0.185. The Morgan fingerprint density at radius 3 is 2.41 bits per heavy atom. The maximum absolute atomic E-state index is 14.5. The number of aliphatic carboxylic acids is 1. The van der Waals surface area contributed by atoms with Gasteiger partial charge >= 0.3 is 5.97 Å². The molecular weight excluding hydrogens is 513 g/mol. The molecule has 0 unspecified atom stereocenters. The molecule has 0 fully saturated rings. The number of amides is 1. The van der Waals surface area contributed by atoms with Gasteiger partial charge in [-0.15, -0.1) is 0 Å². The number of aromatic nitrogens is 2. The number of imidazole rings is 1. The number of nitrogen functional groups attached to an aromatic ring is 1. The molecule has 0 aliphatic carbocycles. The van der Waals surface area contributed by atoms with E-state index in [0.29, 0.717) is 23.4 Å². The van der Waals surface area contributed by atoms with Crippen molar-refractivity contribution in [1.29, 1.82) is 5.41 Å². The lowest BCUT2D eigenvalue weighted by Gasteiger charge is -2.22. The van der Waals surface area contributed by atoms with E-state index < -0.39 is 35.7 Å². The molecule has 4 rings (SSSR count). The summed E-state index contributed by atoms with van der Waals surface area (Å²) in [5.74, 6) is -4.28. The molecule has 1 aromatic heterocycles. The van der Waals surface area contributed by atoms with Crippen LogP contribution in [-0.2, 0) is 17.9 Å². The van der Waals surface area contributed by atoms with Crippen LogP contribution in [0, 0.1) is 22.9 Å². The standard InChI is InChI=1S/C27H25F3N6O3/c1-2-35-23-8-4-16(27(39)36(10-9-25(37)38)17-5-6-18(28)19(29)13-17)12-22(23)34-24(35)14-33-21-7-3-15(26(31)32)11-20(21)30/h3-8,11-13,33H,2,9-10,14H2,1H3,(H3,31,32)(H,37,38). The van der Waals surface area contributed by atoms with E-state index in [0.717, 1.165) is 23.1 Å². The Hall–Kier alpha value is -4.87. The monoisotopic (exact) mass is 538 g/mol. The second-order valence-corrected chi connectivity index (χ2v) is 8.64. The molecule has 39 heavy (non-hydrogen) atoms. The minimum Gasteiger partial charge on any atom is -0.481 e. The molecule has 12 heteroatoms. The van der Waals surface area contributed by atoms with Gasteiger partial charge in [-0.25, -0.2) is 18.2 Å². The lowest BCUT2D eigenvalue weighted by Crippen LogP contribution is -2.33. The van der Waals surface area contributed by atoms with Crippen molar-refractivity contribution in [2.75, 3.05) is 16.8 Å². The number of nitrogens with two attached hydrogens (primary N) is 1. The van der Waals surface area contributed by atoms with E-state index in [1.165, 1.54) is 24.3 Å². The van der Waals surface area contributed by atoms with Crippen LogP contribution >= 0.6 is 0 Å². The second kappa shape index (κ2) is 11.3. The Kier molecular flexibility index (Phi) is 7.84. The molecule has 0 aliphatic heterocycles. The molecule has 3 aromatic carbocycles. The SMILES string of the molecule is CCn1c(CNc2ccc(C(=N)N)cc2F)nc2cc(C(=O)N(CCC(=O)O)c3ccc(F)c(F)c3)ccc21. The summed E-state index contributed by atoms with van der Waals surface area (Å²) in [6.07, 6.45) is -0.406. The number of hydrogen-bond donors (Lipinski definition) is 4. The van der Waals surface area contributed by atoms with Crippen molar-refractivity contribution < 1.29 is 27.9 Å². The Balaban J connectivity index is 1.63. The fourth-order valence-corrected chi connectivity index (χ4v) is 4.16. The van der Waals surface area contributed by atoms with Gasteiger partial charge in [-0.1, -0.05) is 0 Å². The number of carboxylic acid groups (broad SMARTS) is 1. The van der Waals surface area contributed by atoms with Crippen LogP contribution in [0.5, 0.6) is 0 Å². The van der Waals surface area contributed by atoms with Crippen LogP contribution in [-0.4, -0.2) is 38.9 Å². The van der Waals surface area contributed by atoms with Gasteiger partial charge in [-0.05, 0) is 55.5 Å². The van der Waals surface area contributed by atoms with Crippen LogP contribution in [0.15, 0.2) is 54.6 Å². The third-order valence-corrected chi connectivity index (χ3v) is 6.12. The normalized spacial score (nSPS) is 11.0. The van der Waals surface area contributed by atoms with Crippen LogP contribution in [0.3, 0.4) is 0 Å². The van der Waals surface area contributed by atoms with Crippen molar-refractivity contribution in [1.82, 2.24) is 9.55 Å². The number of carbonyl (C=O) groups is 2. The largest absolute Gasteiger partial charge is 0.481 e. The zero-order chi connectivity index (χ0) is 28.3. The van der Waals surface area contributed by atoms with Crippen molar-refractivity contribution >= 4 is 40.1 Å². The average Bonchev–Trinajstić information content (AvgIpc) is 3.26. The number of halogens is 3. The number of fused-ring (bicyclic) bond motifs is 1. The van der Waals surface area contributed by atoms with Crippen LogP contribution in [0.1, 0.15) is 35.1 Å². The summed E-state index contributed by atoms with van der Waals surface area (Å²) in [5.41, 5.74) is 7.23.